The molecule has 0 aliphatic heterocycles. The summed E-state index contributed by atoms with van der Waals surface area (Å²) in [4.78, 5) is 17.2. The van der Waals surface area contributed by atoms with Crippen molar-refractivity contribution in [2.45, 2.75) is 11.3 Å². The van der Waals surface area contributed by atoms with E-state index in [9.17, 15) is 4.79 Å². The van der Waals surface area contributed by atoms with Crippen LogP contribution < -0.4 is 5.32 Å². The highest BCUT2D eigenvalue weighted by Gasteiger charge is 2.16. The van der Waals surface area contributed by atoms with E-state index in [0.29, 0.717) is 5.82 Å². The number of hydrogen-bond acceptors (Lipinski definition) is 6. The third-order valence-electron chi connectivity index (χ3n) is 3.67. The first-order valence-electron chi connectivity index (χ1n) is 7.96. The number of fused-ring (bicyclic) bond motifs is 1. The molecule has 26 heavy (non-hydrogen) atoms. The largest absolute Gasteiger partial charge is 0.309 e. The molecule has 4 rings (SSSR count). The molecule has 0 fully saturated rings. The molecule has 130 valence electrons. The molecular formula is C18H15N5OS2. The Hall–Kier alpha value is -2.71. The van der Waals surface area contributed by atoms with Gasteiger partial charge < -0.3 is 5.32 Å². The van der Waals surface area contributed by atoms with E-state index >= 15 is 0 Å². The molecule has 0 bridgehead atoms. The average molecular weight is 381 g/mol. The predicted octanol–water partition coefficient (Wildman–Crippen LogP) is 3.89. The first-order valence-corrected chi connectivity index (χ1v) is 9.76. The Balaban J connectivity index is 1.61. The molecule has 3 heterocycles. The van der Waals surface area contributed by atoms with Gasteiger partial charge in [-0.15, -0.1) is 10.2 Å². The molecule has 3 aromatic heterocycles. The van der Waals surface area contributed by atoms with Crippen molar-refractivity contribution in [3.63, 3.8) is 0 Å². The number of benzene rings is 1. The van der Waals surface area contributed by atoms with Crippen LogP contribution in [-0.2, 0) is 4.79 Å². The van der Waals surface area contributed by atoms with E-state index in [4.69, 9.17) is 0 Å². The number of hydrogen-bond donors (Lipinski definition) is 1. The summed E-state index contributed by atoms with van der Waals surface area (Å²) >= 11 is 2.86. The highest BCUT2D eigenvalue weighted by atomic mass is 32.2. The Morgan fingerprint density at radius 2 is 1.96 bits per heavy atom. The quantitative estimate of drug-likeness (QED) is 0.531. The number of amides is 1. The van der Waals surface area contributed by atoms with Gasteiger partial charge in [-0.25, -0.2) is 4.98 Å². The summed E-state index contributed by atoms with van der Waals surface area (Å²) in [6.45, 7) is 1.90. The van der Waals surface area contributed by atoms with Crippen molar-refractivity contribution in [1.82, 2.24) is 19.6 Å². The normalized spacial score (nSPS) is 11.0. The van der Waals surface area contributed by atoms with Crippen molar-refractivity contribution in [2.75, 3.05) is 11.1 Å². The minimum absolute atomic E-state index is 0.106. The minimum atomic E-state index is -0.106. The van der Waals surface area contributed by atoms with E-state index in [1.54, 1.807) is 0 Å². The number of carbonyl (C=O) groups excluding carboxylic acids is 1. The lowest BCUT2D eigenvalue weighted by Crippen LogP contribution is -2.16. The molecule has 8 heteroatoms. The Morgan fingerprint density at radius 3 is 2.73 bits per heavy atom. The number of nitrogens with one attached hydrogen (secondary N) is 1. The third-order valence-corrected chi connectivity index (χ3v) is 5.64. The summed E-state index contributed by atoms with van der Waals surface area (Å²) in [5, 5.41) is 11.9. The Bertz CT molecular complexity index is 1060. The van der Waals surface area contributed by atoms with Crippen molar-refractivity contribution >= 4 is 40.5 Å². The van der Waals surface area contributed by atoms with E-state index in [0.717, 1.165) is 26.3 Å². The molecule has 0 aliphatic rings. The summed E-state index contributed by atoms with van der Waals surface area (Å²) in [6, 6.07) is 15.6. The fraction of sp³-hybridized carbons (Fsp3) is 0.111. The number of nitrogens with zero attached hydrogens (tertiary/aromatic N) is 4. The second-order valence-electron chi connectivity index (χ2n) is 5.53. The zero-order chi connectivity index (χ0) is 17.9. The van der Waals surface area contributed by atoms with Crippen molar-refractivity contribution in [3.8, 4) is 11.3 Å². The second kappa shape index (κ2) is 7.27. The first kappa shape index (κ1) is 16.7. The lowest BCUT2D eigenvalue weighted by Gasteiger charge is -2.07. The molecule has 0 saturated carbocycles. The highest BCUT2D eigenvalue weighted by Crippen LogP contribution is 2.29. The van der Waals surface area contributed by atoms with Crippen LogP contribution in [0.4, 0.5) is 5.82 Å². The molecule has 4 aromatic rings. The molecule has 0 saturated heterocycles. The van der Waals surface area contributed by atoms with Gasteiger partial charge in [-0.3, -0.25) is 9.20 Å². The minimum Gasteiger partial charge on any atom is -0.309 e. The van der Waals surface area contributed by atoms with Crippen LogP contribution in [0, 0.1) is 6.92 Å². The van der Waals surface area contributed by atoms with Crippen molar-refractivity contribution in [2.24, 2.45) is 0 Å². The van der Waals surface area contributed by atoms with E-state index in [-0.39, 0.29) is 11.7 Å². The van der Waals surface area contributed by atoms with Gasteiger partial charge in [0.05, 0.1) is 5.75 Å². The van der Waals surface area contributed by atoms with Gasteiger partial charge in [0.15, 0.2) is 4.34 Å². The molecule has 1 aromatic carbocycles. The SMILES string of the molecule is Cc1nnc(SCC(=O)Nc2c(-c3ccccc3)nc3ccccn23)s1. The zero-order valence-corrected chi connectivity index (χ0v) is 15.5. The van der Waals surface area contributed by atoms with Crippen molar-refractivity contribution in [1.29, 1.82) is 0 Å². The molecule has 0 spiro atoms. The number of thioether (sulfide) groups is 1. The molecular weight excluding hydrogens is 366 g/mol. The standard InChI is InChI=1S/C18H15N5OS2/c1-12-21-22-18(26-12)25-11-15(24)20-17-16(13-7-3-2-4-8-13)19-14-9-5-6-10-23(14)17/h2-10H,11H2,1H3,(H,20,24). The third kappa shape index (κ3) is 3.47. The lowest BCUT2D eigenvalue weighted by atomic mass is 10.1. The smallest absolute Gasteiger partial charge is 0.235 e. The molecule has 1 N–H and O–H groups in total. The van der Waals surface area contributed by atoms with E-state index in [1.807, 2.05) is 66.1 Å². The fourth-order valence-corrected chi connectivity index (χ4v) is 4.16. The van der Waals surface area contributed by atoms with Gasteiger partial charge in [0.25, 0.3) is 0 Å². The van der Waals surface area contributed by atoms with Gasteiger partial charge in [-0.2, -0.15) is 0 Å². The number of carbonyl (C=O) groups is 1. The number of aryl methyl sites for hydroxylation is 1. The lowest BCUT2D eigenvalue weighted by molar-refractivity contribution is -0.113. The van der Waals surface area contributed by atoms with Crippen LogP contribution in [0.25, 0.3) is 16.9 Å². The Labute approximate surface area is 158 Å². The van der Waals surface area contributed by atoms with Crippen LogP contribution in [-0.4, -0.2) is 31.2 Å². The van der Waals surface area contributed by atoms with E-state index < -0.39 is 0 Å². The topological polar surface area (TPSA) is 72.2 Å². The van der Waals surface area contributed by atoms with E-state index in [1.165, 1.54) is 23.1 Å². The van der Waals surface area contributed by atoms with Gasteiger partial charge >= 0.3 is 0 Å². The molecule has 0 atom stereocenters. The maximum absolute atomic E-state index is 12.5. The first-order chi connectivity index (χ1) is 12.7. The van der Waals surface area contributed by atoms with Crippen LogP contribution >= 0.6 is 23.1 Å². The second-order valence-corrected chi connectivity index (χ2v) is 7.93. The van der Waals surface area contributed by atoms with Gasteiger partial charge in [-0.05, 0) is 19.1 Å². The average Bonchev–Trinajstić information content (AvgIpc) is 3.25. The molecule has 0 aliphatic carbocycles. The Morgan fingerprint density at radius 1 is 1.15 bits per heavy atom. The van der Waals surface area contributed by atoms with Gasteiger partial charge in [0.1, 0.15) is 22.2 Å². The Kier molecular flexibility index (Phi) is 4.68. The predicted molar refractivity (Wildman–Crippen MR) is 105 cm³/mol. The maximum atomic E-state index is 12.5. The van der Waals surface area contributed by atoms with Crippen LogP contribution in [0.3, 0.4) is 0 Å². The highest BCUT2D eigenvalue weighted by molar-refractivity contribution is 8.01. The van der Waals surface area contributed by atoms with Gasteiger partial charge in [-0.1, -0.05) is 59.5 Å². The fourth-order valence-electron chi connectivity index (χ4n) is 2.54. The number of rotatable bonds is 5. The van der Waals surface area contributed by atoms with Gasteiger partial charge in [0, 0.05) is 11.8 Å². The molecule has 0 unspecified atom stereocenters. The number of pyridine rings is 1. The van der Waals surface area contributed by atoms with Gasteiger partial charge in [0.2, 0.25) is 5.91 Å². The summed E-state index contributed by atoms with van der Waals surface area (Å²) in [5.74, 6) is 0.833. The zero-order valence-electron chi connectivity index (χ0n) is 13.9. The van der Waals surface area contributed by atoms with Crippen LogP contribution in [0.2, 0.25) is 0 Å². The van der Waals surface area contributed by atoms with Crippen molar-refractivity contribution in [3.05, 3.63) is 59.7 Å². The summed E-state index contributed by atoms with van der Waals surface area (Å²) in [6.07, 6.45) is 1.89. The van der Waals surface area contributed by atoms with Crippen molar-refractivity contribution < 1.29 is 4.79 Å². The molecule has 1 amide bonds. The number of imidazole rings is 1. The molecule has 0 radical (unpaired) electrons. The van der Waals surface area contributed by atoms with Crippen LogP contribution in [0.5, 0.6) is 0 Å². The monoisotopic (exact) mass is 381 g/mol. The van der Waals surface area contributed by atoms with E-state index in [2.05, 4.69) is 20.5 Å². The summed E-state index contributed by atoms with van der Waals surface area (Å²) in [5.41, 5.74) is 2.50. The van der Waals surface area contributed by atoms with Crippen LogP contribution in [0.1, 0.15) is 5.01 Å². The number of anilines is 1. The van der Waals surface area contributed by atoms with Crippen LogP contribution in [0.15, 0.2) is 59.1 Å². The maximum Gasteiger partial charge on any atom is 0.235 e. The molecule has 6 nitrogen and oxygen atoms in total. The number of aromatic nitrogens is 4. The summed E-state index contributed by atoms with van der Waals surface area (Å²) in [7, 11) is 0. The summed E-state index contributed by atoms with van der Waals surface area (Å²) < 4.78 is 2.68.